The predicted molar refractivity (Wildman–Crippen MR) is 258 cm³/mol. The van der Waals surface area contributed by atoms with Gasteiger partial charge >= 0.3 is 0 Å². The Morgan fingerprint density at radius 1 is 0.381 bits per heavy atom. The van der Waals surface area contributed by atoms with E-state index in [1.165, 1.54) is 0 Å². The Morgan fingerprint density at radius 3 is 1.67 bits per heavy atom. The van der Waals surface area contributed by atoms with Crippen molar-refractivity contribution < 1.29 is 31.8 Å². The second-order valence-electron chi connectivity index (χ2n) is 14.5. The second kappa shape index (κ2) is 14.0. The summed E-state index contributed by atoms with van der Waals surface area (Å²) in [5, 5.41) is 0.432. The van der Waals surface area contributed by atoms with Gasteiger partial charge in [-0.1, -0.05) is 169 Å². The van der Waals surface area contributed by atoms with Crippen molar-refractivity contribution in [3.05, 3.63) is 212 Å². The van der Waals surface area contributed by atoms with E-state index in [0.29, 0.717) is 5.58 Å². The minimum atomic E-state index is -0.826. The number of fused-ring (bicyclic) bond motifs is 9. The molecule has 6 heteroatoms. The van der Waals surface area contributed by atoms with Crippen LogP contribution in [0.15, 0.2) is 216 Å². The summed E-state index contributed by atoms with van der Waals surface area (Å²) in [6.45, 7) is 0. The van der Waals surface area contributed by atoms with Crippen LogP contribution in [-0.2, 0) is 0 Å². The molecule has 13 aromatic rings. The standard InChI is InChI=1S/C57H35N5O/c1-2-14-36(15-3-1)40-32-33-46-45-20-6-10-25-50(45)62(51(46)35-40)57-59-55(58-56(60-57)61-48-23-8-4-18-43(48)44-19-5-9-24-49(44)61)38-30-28-37(29-31-38)39-16-12-17-41(34-39)42-22-13-27-53-54(42)47-21-7-11-26-52(47)63-53/h1-35H/i1D,2D,3D,4D,5D,6D,8D,9D,10D,14D,15D,18D,19D,20D,23D,24D,25D,32D,33D,35D. The van der Waals surface area contributed by atoms with Gasteiger partial charge in [0.2, 0.25) is 11.9 Å². The summed E-state index contributed by atoms with van der Waals surface area (Å²) in [6.07, 6.45) is 0. The van der Waals surface area contributed by atoms with Gasteiger partial charge in [-0.05, 0) is 75.7 Å². The molecule has 0 fully saturated rings. The molecular weight excluding hydrogens is 771 g/mol. The molecule has 0 N–H and O–H groups in total. The van der Waals surface area contributed by atoms with E-state index in [4.69, 9.17) is 37.2 Å². The molecule has 0 aliphatic heterocycles. The molecule has 0 amide bonds. The molecule has 0 saturated heterocycles. The van der Waals surface area contributed by atoms with Crippen molar-refractivity contribution in [1.82, 2.24) is 24.1 Å². The van der Waals surface area contributed by atoms with Crippen molar-refractivity contribution in [1.29, 1.82) is 0 Å². The quantitative estimate of drug-likeness (QED) is 0.168. The van der Waals surface area contributed by atoms with Crippen LogP contribution in [0, 0.1) is 0 Å². The van der Waals surface area contributed by atoms with E-state index in [9.17, 15) is 9.60 Å². The highest BCUT2D eigenvalue weighted by Crippen LogP contribution is 2.39. The van der Waals surface area contributed by atoms with Crippen LogP contribution in [0.5, 0.6) is 0 Å². The monoisotopic (exact) mass is 825 g/mol. The van der Waals surface area contributed by atoms with Crippen LogP contribution in [0.25, 0.3) is 122 Å². The molecule has 0 saturated carbocycles. The highest BCUT2D eigenvalue weighted by molar-refractivity contribution is 6.13. The van der Waals surface area contributed by atoms with Gasteiger partial charge in [0, 0.05) is 37.9 Å². The fraction of sp³-hybridized carbons (Fsp3) is 0. The van der Waals surface area contributed by atoms with Crippen LogP contribution >= 0.6 is 0 Å². The molecule has 9 aromatic carbocycles. The molecular formula is C57H35N5O. The molecule has 6 nitrogen and oxygen atoms in total. The average Bonchev–Trinajstić information content (AvgIpc) is 2.25. The maximum absolute atomic E-state index is 9.91. The Bertz CT molecular complexity index is 5010. The number of para-hydroxylation sites is 4. The summed E-state index contributed by atoms with van der Waals surface area (Å²) in [6, 6.07) is 13.1. The minimum Gasteiger partial charge on any atom is -0.456 e. The van der Waals surface area contributed by atoms with Crippen molar-refractivity contribution in [3.8, 4) is 56.7 Å². The molecule has 0 spiro atoms. The molecule has 63 heavy (non-hydrogen) atoms. The highest BCUT2D eigenvalue weighted by atomic mass is 16.3. The lowest BCUT2D eigenvalue weighted by Gasteiger charge is -2.13. The normalized spacial score (nSPS) is 16.3. The zero-order valence-electron chi connectivity index (χ0n) is 52.3. The van der Waals surface area contributed by atoms with E-state index >= 15 is 0 Å². The van der Waals surface area contributed by atoms with Gasteiger partial charge in [-0.15, -0.1) is 0 Å². The van der Waals surface area contributed by atoms with E-state index in [1.54, 1.807) is 24.3 Å². The van der Waals surface area contributed by atoms with Crippen LogP contribution in [0.3, 0.4) is 0 Å². The van der Waals surface area contributed by atoms with Gasteiger partial charge in [-0.3, -0.25) is 9.13 Å². The lowest BCUT2D eigenvalue weighted by atomic mass is 9.95. The maximum atomic E-state index is 9.91. The third-order valence-corrected chi connectivity index (χ3v) is 11.0. The lowest BCUT2D eigenvalue weighted by Crippen LogP contribution is -2.10. The van der Waals surface area contributed by atoms with Crippen LogP contribution in [-0.4, -0.2) is 24.1 Å². The van der Waals surface area contributed by atoms with Gasteiger partial charge in [0.05, 0.1) is 49.5 Å². The van der Waals surface area contributed by atoms with Crippen LogP contribution in [0.1, 0.15) is 27.4 Å². The SMILES string of the molecule is [2H]c1c([2H])c([2H])c(-c2c([2H])c([2H])c3c4c([2H])c([2H])c([2H])c([2H])c4n(-c4nc(-c5ccc(-c6cccc(-c7cccc8oc9ccccc9c78)c6)cc5)nc(-n5c6c([2H])c([2H])c([2H])c([2H])c6c6c([2H])c([2H])c([2H])c([2H])c65)n4)c3c2[2H])c([2H])c1[2H]. The van der Waals surface area contributed by atoms with E-state index in [-0.39, 0.29) is 22.2 Å². The van der Waals surface area contributed by atoms with Gasteiger partial charge in [0.25, 0.3) is 0 Å². The Hall–Kier alpha value is -8.61. The Kier molecular flexibility index (Phi) is 4.61. The topological polar surface area (TPSA) is 61.7 Å². The van der Waals surface area contributed by atoms with Gasteiger partial charge in [-0.2, -0.15) is 15.0 Å². The third-order valence-electron chi connectivity index (χ3n) is 11.0. The van der Waals surface area contributed by atoms with Gasteiger partial charge in [0.15, 0.2) is 5.82 Å². The first kappa shape index (κ1) is 20.8. The molecule has 0 radical (unpaired) electrons. The van der Waals surface area contributed by atoms with E-state index < -0.39 is 177 Å². The second-order valence-corrected chi connectivity index (χ2v) is 14.5. The van der Waals surface area contributed by atoms with Crippen LogP contribution < -0.4 is 0 Å². The van der Waals surface area contributed by atoms with Crippen molar-refractivity contribution in [3.63, 3.8) is 0 Å². The maximum Gasteiger partial charge on any atom is 0.240 e. The largest absolute Gasteiger partial charge is 0.456 e. The first-order valence-electron chi connectivity index (χ1n) is 29.6. The zero-order chi connectivity index (χ0) is 58.8. The van der Waals surface area contributed by atoms with Gasteiger partial charge in [0.1, 0.15) is 11.2 Å². The Labute approximate surface area is 389 Å². The molecule has 13 rings (SSSR count). The molecule has 0 atom stereocenters. The third kappa shape index (κ3) is 5.62. The summed E-state index contributed by atoms with van der Waals surface area (Å²) >= 11 is 0. The fourth-order valence-corrected chi connectivity index (χ4v) is 8.21. The summed E-state index contributed by atoms with van der Waals surface area (Å²) < 4.78 is 188. The first-order chi connectivity index (χ1) is 39.5. The van der Waals surface area contributed by atoms with E-state index in [0.717, 1.165) is 47.7 Å². The summed E-state index contributed by atoms with van der Waals surface area (Å²) in [4.78, 5) is 14.5. The van der Waals surface area contributed by atoms with Gasteiger partial charge in [-0.25, -0.2) is 0 Å². The summed E-state index contributed by atoms with van der Waals surface area (Å²) in [5.74, 6) is -1.40. The molecule has 0 aliphatic carbocycles. The Morgan fingerprint density at radius 2 is 0.952 bits per heavy atom. The number of rotatable bonds is 6. The number of hydrogen-bond acceptors (Lipinski definition) is 4. The number of nitrogens with zero attached hydrogens (tertiary/aromatic N) is 5. The van der Waals surface area contributed by atoms with E-state index in [2.05, 4.69) is 0 Å². The molecule has 0 aliphatic rings. The molecule has 294 valence electrons. The number of hydrogen-bond donors (Lipinski definition) is 0. The van der Waals surface area contributed by atoms with Crippen LogP contribution in [0.2, 0.25) is 0 Å². The van der Waals surface area contributed by atoms with E-state index in [1.807, 2.05) is 66.7 Å². The van der Waals surface area contributed by atoms with Gasteiger partial charge < -0.3 is 4.42 Å². The fourth-order valence-electron chi connectivity index (χ4n) is 8.21. The number of aromatic nitrogens is 5. The smallest absolute Gasteiger partial charge is 0.240 e. The van der Waals surface area contributed by atoms with Crippen molar-refractivity contribution >= 4 is 65.6 Å². The number of furan rings is 1. The average molecular weight is 826 g/mol. The minimum absolute atomic E-state index is 0.234. The first-order valence-corrected chi connectivity index (χ1v) is 19.6. The predicted octanol–water partition coefficient (Wildman–Crippen LogP) is 14.6. The van der Waals surface area contributed by atoms with Crippen molar-refractivity contribution in [2.24, 2.45) is 0 Å². The molecule has 4 aromatic heterocycles. The molecule has 0 bridgehead atoms. The zero-order valence-corrected chi connectivity index (χ0v) is 32.3. The van der Waals surface area contributed by atoms with Crippen LogP contribution in [0.4, 0.5) is 0 Å². The molecule has 4 heterocycles. The highest BCUT2D eigenvalue weighted by Gasteiger charge is 2.21. The summed E-state index contributed by atoms with van der Waals surface area (Å²) in [7, 11) is 0. The Balaban J connectivity index is 1.13. The number of benzene rings is 9. The van der Waals surface area contributed by atoms with Crippen molar-refractivity contribution in [2.75, 3.05) is 0 Å². The lowest BCUT2D eigenvalue weighted by molar-refractivity contribution is 0.669. The van der Waals surface area contributed by atoms with Crippen molar-refractivity contribution in [2.45, 2.75) is 0 Å². The molecule has 0 unspecified atom stereocenters. The summed E-state index contributed by atoms with van der Waals surface area (Å²) in [5.41, 5.74) is 2.01.